The normalized spacial score (nSPS) is 17.8. The number of unbranched alkanes of at least 4 members (excludes halogenated alkanes) is 1. The summed E-state index contributed by atoms with van der Waals surface area (Å²) in [6.45, 7) is 5.74. The molecule has 0 rings (SSSR count). The molecule has 0 aliphatic carbocycles. The Bertz CT molecular complexity index is 191. The summed E-state index contributed by atoms with van der Waals surface area (Å²) in [7, 11) is 0. The van der Waals surface area contributed by atoms with E-state index in [-0.39, 0.29) is 6.10 Å². The summed E-state index contributed by atoms with van der Waals surface area (Å²) < 4.78 is 5.25. The van der Waals surface area contributed by atoms with Crippen LogP contribution in [0.25, 0.3) is 0 Å². The molecule has 0 saturated carbocycles. The molecule has 2 atom stereocenters. The van der Waals surface area contributed by atoms with Crippen molar-refractivity contribution in [3.05, 3.63) is 12.7 Å². The van der Waals surface area contributed by atoms with Crippen LogP contribution in [-0.4, -0.2) is 11.0 Å². The van der Waals surface area contributed by atoms with Crippen molar-refractivity contribution >= 4 is 29.7 Å². The Kier molecular flexibility index (Phi) is 7.37. The Morgan fingerprint density at radius 1 is 1.77 bits per heavy atom. The molecule has 13 heavy (non-hydrogen) atoms. The minimum Gasteiger partial charge on any atom is -0.338 e. The van der Waals surface area contributed by atoms with Crippen molar-refractivity contribution in [3.8, 4) is 0 Å². The third kappa shape index (κ3) is 8.98. The molecule has 0 amide bonds. The van der Waals surface area contributed by atoms with Crippen molar-refractivity contribution in [1.82, 2.24) is 0 Å². The van der Waals surface area contributed by atoms with Crippen LogP contribution in [-0.2, 0) is 16.3 Å². The lowest BCUT2D eigenvalue weighted by molar-refractivity contribution is 0.197. The molecule has 0 heterocycles. The first-order valence-corrected chi connectivity index (χ1v) is 8.17. The fourth-order valence-electron chi connectivity index (χ4n) is 1.03. The number of thiol groups is 1. The average molecular weight is 240 g/mol. The van der Waals surface area contributed by atoms with Gasteiger partial charge in [-0.3, -0.25) is 0 Å². The van der Waals surface area contributed by atoms with Gasteiger partial charge < -0.3 is 9.42 Å². The van der Waals surface area contributed by atoms with Crippen LogP contribution >= 0.6 is 17.9 Å². The molecule has 0 saturated heterocycles. The molecular weight excluding hydrogens is 223 g/mol. The summed E-state index contributed by atoms with van der Waals surface area (Å²) >= 11 is 8.53. The predicted molar refractivity (Wildman–Crippen MR) is 64.7 cm³/mol. The molecule has 0 aromatic heterocycles. The van der Waals surface area contributed by atoms with Gasteiger partial charge in [-0.15, -0.1) is 6.58 Å². The van der Waals surface area contributed by atoms with E-state index in [1.54, 1.807) is 6.08 Å². The van der Waals surface area contributed by atoms with Crippen LogP contribution in [0.3, 0.4) is 0 Å². The zero-order valence-electron chi connectivity index (χ0n) is 7.85. The molecule has 0 radical (unpaired) electrons. The molecule has 0 bridgehead atoms. The first-order valence-electron chi connectivity index (χ1n) is 4.34. The minimum absolute atomic E-state index is 0.0224. The highest BCUT2D eigenvalue weighted by atomic mass is 32.9. The molecule has 0 aromatic rings. The third-order valence-corrected chi connectivity index (χ3v) is 2.71. The molecular formula is C8H17O2PS2. The lowest BCUT2D eigenvalue weighted by Crippen LogP contribution is -2.08. The monoisotopic (exact) mass is 240 g/mol. The molecule has 5 heteroatoms. The van der Waals surface area contributed by atoms with Crippen LogP contribution < -0.4 is 0 Å². The van der Waals surface area contributed by atoms with Gasteiger partial charge in [-0.25, -0.2) is 0 Å². The standard InChI is InChI=1S/C8H17O2PS2/c1-3-5-7-8(6-4-2)10-11(9,12)13/h4,8H,2-3,5-7H2,1H3,(H2,9,12,13). The van der Waals surface area contributed by atoms with Crippen molar-refractivity contribution in [2.45, 2.75) is 38.7 Å². The van der Waals surface area contributed by atoms with E-state index in [9.17, 15) is 4.89 Å². The molecule has 0 spiro atoms. The van der Waals surface area contributed by atoms with E-state index in [4.69, 9.17) is 16.3 Å². The molecule has 1 N–H and O–H groups in total. The Balaban J connectivity index is 3.93. The van der Waals surface area contributed by atoms with Crippen molar-refractivity contribution in [1.29, 1.82) is 0 Å². The van der Waals surface area contributed by atoms with Crippen LogP contribution in [0.1, 0.15) is 32.6 Å². The van der Waals surface area contributed by atoms with Gasteiger partial charge in [0.2, 0.25) is 5.69 Å². The van der Waals surface area contributed by atoms with Gasteiger partial charge in [0.15, 0.2) is 0 Å². The maximum atomic E-state index is 9.25. The highest BCUT2D eigenvalue weighted by Gasteiger charge is 2.14. The zero-order valence-corrected chi connectivity index (χ0v) is 10.5. The van der Waals surface area contributed by atoms with E-state index in [1.807, 2.05) is 0 Å². The molecule has 0 fully saturated rings. The quantitative estimate of drug-likeness (QED) is 0.406. The predicted octanol–water partition coefficient (Wildman–Crippen LogP) is 3.28. The largest absolute Gasteiger partial charge is 0.338 e. The highest BCUT2D eigenvalue weighted by molar-refractivity contribution is 8.59. The van der Waals surface area contributed by atoms with E-state index in [1.165, 1.54) is 0 Å². The summed E-state index contributed by atoms with van der Waals surface area (Å²) in [6, 6.07) is 0. The van der Waals surface area contributed by atoms with Crippen LogP contribution in [0, 0.1) is 0 Å². The summed E-state index contributed by atoms with van der Waals surface area (Å²) in [5.41, 5.74) is -2.81. The van der Waals surface area contributed by atoms with Gasteiger partial charge in [0.05, 0.1) is 6.10 Å². The lowest BCUT2D eigenvalue weighted by atomic mass is 10.1. The zero-order chi connectivity index (χ0) is 10.3. The average Bonchev–Trinajstić information content (AvgIpc) is 1.98. The molecule has 2 unspecified atom stereocenters. The summed E-state index contributed by atoms with van der Waals surface area (Å²) in [5.74, 6) is 0. The van der Waals surface area contributed by atoms with E-state index in [0.29, 0.717) is 0 Å². The van der Waals surface area contributed by atoms with Crippen molar-refractivity contribution in [3.63, 3.8) is 0 Å². The second kappa shape index (κ2) is 7.02. The molecule has 0 aromatic carbocycles. The molecule has 2 nitrogen and oxygen atoms in total. The van der Waals surface area contributed by atoms with Crippen molar-refractivity contribution < 1.29 is 9.42 Å². The minimum atomic E-state index is -2.81. The SMILES string of the molecule is C=CCC(CCCC)OP(O)(=S)S. The Morgan fingerprint density at radius 2 is 2.38 bits per heavy atom. The van der Waals surface area contributed by atoms with Gasteiger partial charge in [-0.1, -0.05) is 38.1 Å². The Morgan fingerprint density at radius 3 is 2.77 bits per heavy atom. The first kappa shape index (κ1) is 13.7. The van der Waals surface area contributed by atoms with Gasteiger partial charge in [-0.05, 0) is 24.6 Å². The second-order valence-corrected chi connectivity index (χ2v) is 8.00. The molecule has 78 valence electrons. The van der Waals surface area contributed by atoms with E-state index < -0.39 is 5.69 Å². The number of rotatable bonds is 7. The second-order valence-electron chi connectivity index (χ2n) is 2.88. The van der Waals surface area contributed by atoms with E-state index in [0.717, 1.165) is 25.7 Å². The van der Waals surface area contributed by atoms with Crippen LogP contribution in [0.15, 0.2) is 12.7 Å². The fourth-order valence-corrected chi connectivity index (χ4v) is 2.37. The number of hydrogen-bond acceptors (Lipinski definition) is 2. The lowest BCUT2D eigenvalue weighted by Gasteiger charge is -2.18. The summed E-state index contributed by atoms with van der Waals surface area (Å²) in [6.07, 6.45) is 5.56. The fraction of sp³-hybridized carbons (Fsp3) is 0.750. The topological polar surface area (TPSA) is 29.5 Å². The van der Waals surface area contributed by atoms with Crippen LogP contribution in [0.5, 0.6) is 0 Å². The van der Waals surface area contributed by atoms with E-state index in [2.05, 4.69) is 25.8 Å². The van der Waals surface area contributed by atoms with E-state index >= 15 is 0 Å². The van der Waals surface area contributed by atoms with Gasteiger partial charge in [-0.2, -0.15) is 0 Å². The Hall–Kier alpha value is 0.660. The molecule has 0 aliphatic rings. The van der Waals surface area contributed by atoms with Crippen molar-refractivity contribution in [2.24, 2.45) is 0 Å². The summed E-state index contributed by atoms with van der Waals surface area (Å²) in [4.78, 5) is 9.25. The van der Waals surface area contributed by atoms with Crippen LogP contribution in [0.2, 0.25) is 0 Å². The van der Waals surface area contributed by atoms with Gasteiger partial charge in [0, 0.05) is 0 Å². The Labute approximate surface area is 90.7 Å². The van der Waals surface area contributed by atoms with Gasteiger partial charge >= 0.3 is 0 Å². The summed E-state index contributed by atoms with van der Waals surface area (Å²) in [5, 5.41) is 0. The molecule has 0 aliphatic heterocycles. The highest BCUT2D eigenvalue weighted by Crippen LogP contribution is 2.49. The smallest absolute Gasteiger partial charge is 0.241 e. The number of hydrogen-bond donors (Lipinski definition) is 2. The third-order valence-electron chi connectivity index (χ3n) is 1.60. The van der Waals surface area contributed by atoms with Gasteiger partial charge in [0.25, 0.3) is 0 Å². The maximum absolute atomic E-state index is 9.25. The van der Waals surface area contributed by atoms with Crippen molar-refractivity contribution in [2.75, 3.05) is 0 Å². The first-order chi connectivity index (χ1) is 5.99. The van der Waals surface area contributed by atoms with Gasteiger partial charge in [0.1, 0.15) is 0 Å². The van der Waals surface area contributed by atoms with Crippen LogP contribution in [0.4, 0.5) is 0 Å². The maximum Gasteiger partial charge on any atom is 0.241 e.